The Morgan fingerprint density at radius 3 is 2.67 bits per heavy atom. The highest BCUT2D eigenvalue weighted by Crippen LogP contribution is 2.31. The molecule has 0 radical (unpaired) electrons. The summed E-state index contributed by atoms with van der Waals surface area (Å²) in [5.41, 5.74) is -0.995. The van der Waals surface area contributed by atoms with Gasteiger partial charge in [-0.2, -0.15) is 13.2 Å². The molecule has 3 amide bonds. The average molecular weight is 431 g/mol. The first-order chi connectivity index (χ1) is 14.2. The minimum Gasteiger partial charge on any atom is -0.370 e. The second-order valence-electron chi connectivity index (χ2n) is 8.13. The molecule has 0 saturated carbocycles. The number of carbonyl (C=O) groups is 2. The molecule has 3 aliphatic heterocycles. The normalized spacial score (nSPS) is 24.9. The van der Waals surface area contributed by atoms with Gasteiger partial charge in [0.2, 0.25) is 5.91 Å². The summed E-state index contributed by atoms with van der Waals surface area (Å²) in [6.45, 7) is 1.68. The summed E-state index contributed by atoms with van der Waals surface area (Å²) in [7, 11) is 0. The van der Waals surface area contributed by atoms with E-state index in [0.717, 1.165) is 25.0 Å². The predicted molar refractivity (Wildman–Crippen MR) is 99.9 cm³/mol. The van der Waals surface area contributed by atoms with E-state index in [0.29, 0.717) is 44.6 Å². The third-order valence-corrected chi connectivity index (χ3v) is 6.09. The molecule has 0 bridgehead atoms. The molecular weight excluding hydrogens is 406 g/mol. The summed E-state index contributed by atoms with van der Waals surface area (Å²) in [5, 5.41) is 2.96. The van der Waals surface area contributed by atoms with Gasteiger partial charge in [0.05, 0.1) is 31.4 Å². The van der Waals surface area contributed by atoms with Gasteiger partial charge in [-0.1, -0.05) is 6.07 Å². The van der Waals surface area contributed by atoms with Crippen molar-refractivity contribution in [2.24, 2.45) is 5.92 Å². The van der Waals surface area contributed by atoms with Crippen LogP contribution in [0.2, 0.25) is 0 Å². The number of alkyl halides is 3. The fourth-order valence-corrected chi connectivity index (χ4v) is 4.23. The quantitative estimate of drug-likeness (QED) is 0.749. The highest BCUT2D eigenvalue weighted by Gasteiger charge is 2.39. The molecule has 166 valence electrons. The number of amides is 3. The Labute approximate surface area is 172 Å². The number of fused-ring (bicyclic) bond motifs is 1. The molecule has 1 N–H and O–H groups in total. The molecule has 4 rings (SSSR count). The van der Waals surface area contributed by atoms with Crippen molar-refractivity contribution in [2.75, 3.05) is 26.2 Å². The predicted octanol–water partition coefficient (Wildman–Crippen LogP) is 3.01. The van der Waals surface area contributed by atoms with Gasteiger partial charge in [-0.15, -0.1) is 0 Å². The maximum Gasteiger partial charge on any atom is 0.416 e. The van der Waals surface area contributed by atoms with Crippen LogP contribution in [0.15, 0.2) is 18.2 Å². The molecule has 3 fully saturated rings. The average Bonchev–Trinajstić information content (AvgIpc) is 2.66. The lowest BCUT2D eigenvalue weighted by atomic mass is 9.84. The standard InChI is InChI=1S/C20H23F4N3O3.H2/c21-16-7-14(20(22,23)24)3-1-13(16)11-30-15-8-27(9-15)19(29)26-6-5-12-2-4-18(28)25-17(12)10-26;/h1,3,7,12,15,17H,2,4-6,8-11H2,(H,25,28);1H/t12-,17+;/m0./s1. The monoisotopic (exact) mass is 431 g/mol. The van der Waals surface area contributed by atoms with E-state index in [1.165, 1.54) is 0 Å². The summed E-state index contributed by atoms with van der Waals surface area (Å²) in [6, 6.07) is 2.24. The largest absolute Gasteiger partial charge is 0.416 e. The fourth-order valence-electron chi connectivity index (χ4n) is 4.23. The Hall–Kier alpha value is -2.36. The van der Waals surface area contributed by atoms with Crippen LogP contribution in [0.1, 0.15) is 31.8 Å². The van der Waals surface area contributed by atoms with E-state index in [1.54, 1.807) is 9.80 Å². The van der Waals surface area contributed by atoms with E-state index in [1.807, 2.05) is 0 Å². The van der Waals surface area contributed by atoms with Crippen LogP contribution in [0.5, 0.6) is 0 Å². The zero-order chi connectivity index (χ0) is 21.5. The van der Waals surface area contributed by atoms with Gasteiger partial charge in [-0.05, 0) is 30.9 Å². The number of piperidine rings is 2. The Kier molecular flexibility index (Phi) is 5.61. The Balaban J connectivity index is 0.00000272. The van der Waals surface area contributed by atoms with E-state index in [9.17, 15) is 27.2 Å². The first-order valence-corrected chi connectivity index (χ1v) is 10.0. The third kappa shape index (κ3) is 4.38. The lowest BCUT2D eigenvalue weighted by Crippen LogP contribution is -2.63. The van der Waals surface area contributed by atoms with Crippen molar-refractivity contribution in [2.45, 2.75) is 44.2 Å². The highest BCUT2D eigenvalue weighted by molar-refractivity contribution is 5.78. The summed E-state index contributed by atoms with van der Waals surface area (Å²) in [6.07, 6.45) is -2.62. The number of benzene rings is 1. The van der Waals surface area contributed by atoms with Gasteiger partial charge in [0.25, 0.3) is 0 Å². The number of halogens is 4. The molecular formula is C20H25F4N3O3. The third-order valence-electron chi connectivity index (χ3n) is 6.09. The zero-order valence-corrected chi connectivity index (χ0v) is 16.3. The summed E-state index contributed by atoms with van der Waals surface area (Å²) < 4.78 is 57.2. The maximum atomic E-state index is 13.9. The first kappa shape index (κ1) is 20.9. The molecule has 0 aliphatic carbocycles. The van der Waals surface area contributed by atoms with E-state index >= 15 is 0 Å². The molecule has 6 nitrogen and oxygen atoms in total. The Morgan fingerprint density at radius 2 is 1.97 bits per heavy atom. The number of nitrogens with one attached hydrogen (secondary N) is 1. The lowest BCUT2D eigenvalue weighted by Gasteiger charge is -2.46. The smallest absolute Gasteiger partial charge is 0.370 e. The van der Waals surface area contributed by atoms with E-state index in [4.69, 9.17) is 4.74 Å². The number of carbonyl (C=O) groups excluding carboxylic acids is 2. The zero-order valence-electron chi connectivity index (χ0n) is 16.3. The molecule has 0 spiro atoms. The van der Waals surface area contributed by atoms with Gasteiger partial charge in [-0.3, -0.25) is 4.79 Å². The molecule has 0 unspecified atom stereocenters. The molecule has 10 heteroatoms. The number of likely N-dealkylation sites (tertiary alicyclic amines) is 2. The number of rotatable bonds is 3. The molecule has 1 aromatic carbocycles. The summed E-state index contributed by atoms with van der Waals surface area (Å²) in [5.74, 6) is -0.522. The SMILES string of the molecule is O=C1CC[C@H]2CCN(C(=O)N3CC(OCc4ccc(C(F)(F)F)cc4F)C3)C[C@H]2N1.[HH]. The van der Waals surface area contributed by atoms with Crippen molar-refractivity contribution in [3.63, 3.8) is 0 Å². The van der Waals surface area contributed by atoms with Crippen LogP contribution in [0.4, 0.5) is 22.4 Å². The first-order valence-electron chi connectivity index (χ1n) is 10.0. The van der Waals surface area contributed by atoms with Crippen LogP contribution in [-0.2, 0) is 22.3 Å². The second-order valence-corrected chi connectivity index (χ2v) is 8.13. The van der Waals surface area contributed by atoms with Gasteiger partial charge >= 0.3 is 12.2 Å². The van der Waals surface area contributed by atoms with Crippen LogP contribution in [0.25, 0.3) is 0 Å². The molecule has 3 heterocycles. The van der Waals surface area contributed by atoms with E-state index in [-0.39, 0.29) is 37.7 Å². The van der Waals surface area contributed by atoms with Gasteiger partial charge in [0.1, 0.15) is 5.82 Å². The van der Waals surface area contributed by atoms with Crippen LogP contribution in [0.3, 0.4) is 0 Å². The van der Waals surface area contributed by atoms with Gasteiger partial charge in [0, 0.05) is 32.5 Å². The Morgan fingerprint density at radius 1 is 1.20 bits per heavy atom. The number of hydrogen-bond acceptors (Lipinski definition) is 3. The number of hydrogen-bond donors (Lipinski definition) is 1. The van der Waals surface area contributed by atoms with Crippen LogP contribution >= 0.6 is 0 Å². The summed E-state index contributed by atoms with van der Waals surface area (Å²) in [4.78, 5) is 27.6. The van der Waals surface area contributed by atoms with E-state index in [2.05, 4.69) is 5.32 Å². The molecule has 3 saturated heterocycles. The van der Waals surface area contributed by atoms with Crippen LogP contribution < -0.4 is 5.32 Å². The fraction of sp³-hybridized carbons (Fsp3) is 0.600. The number of nitrogens with zero attached hydrogens (tertiary/aromatic N) is 2. The molecule has 30 heavy (non-hydrogen) atoms. The maximum absolute atomic E-state index is 13.9. The van der Waals surface area contributed by atoms with Gasteiger partial charge in [-0.25, -0.2) is 9.18 Å². The van der Waals surface area contributed by atoms with Crippen molar-refractivity contribution < 1.29 is 33.3 Å². The minimum absolute atomic E-state index is 0. The van der Waals surface area contributed by atoms with Crippen LogP contribution in [0, 0.1) is 11.7 Å². The molecule has 0 aromatic heterocycles. The van der Waals surface area contributed by atoms with E-state index < -0.39 is 17.6 Å². The highest BCUT2D eigenvalue weighted by atomic mass is 19.4. The van der Waals surface area contributed by atoms with Gasteiger partial charge in [0.15, 0.2) is 0 Å². The number of ether oxygens (including phenoxy) is 1. The molecule has 3 aliphatic rings. The van der Waals surface area contributed by atoms with Gasteiger partial charge < -0.3 is 19.9 Å². The Bertz CT molecular complexity index is 832. The van der Waals surface area contributed by atoms with Crippen molar-refractivity contribution >= 4 is 11.9 Å². The topological polar surface area (TPSA) is 61.9 Å². The second kappa shape index (κ2) is 8.05. The summed E-state index contributed by atoms with van der Waals surface area (Å²) >= 11 is 0. The molecule has 2 atom stereocenters. The van der Waals surface area contributed by atoms with Crippen molar-refractivity contribution in [1.29, 1.82) is 0 Å². The lowest BCUT2D eigenvalue weighted by molar-refractivity contribution is -0.137. The minimum atomic E-state index is -4.59. The number of urea groups is 1. The van der Waals surface area contributed by atoms with Crippen molar-refractivity contribution in [1.82, 2.24) is 15.1 Å². The molecule has 1 aromatic rings. The van der Waals surface area contributed by atoms with Crippen molar-refractivity contribution in [3.05, 3.63) is 35.1 Å². The van der Waals surface area contributed by atoms with Crippen LogP contribution in [-0.4, -0.2) is 60.1 Å². The van der Waals surface area contributed by atoms with Crippen molar-refractivity contribution in [3.8, 4) is 0 Å².